The predicted octanol–water partition coefficient (Wildman–Crippen LogP) is 3.99. The SMILES string of the molecule is C=CCn1c(SCC(O)=C(C#N)c2nc3ccccc3[nH]2)nnc1-c1ccncc1. The molecule has 9 heteroatoms. The molecule has 0 saturated carbocycles. The molecule has 0 bridgehead atoms. The molecule has 4 aromatic rings. The summed E-state index contributed by atoms with van der Waals surface area (Å²) in [4.78, 5) is 11.5. The minimum absolute atomic E-state index is 0.0832. The number of nitrogens with zero attached hydrogens (tertiary/aromatic N) is 6. The highest BCUT2D eigenvalue weighted by Crippen LogP contribution is 2.27. The number of imidazole rings is 1. The number of hydrogen-bond donors (Lipinski definition) is 2. The molecule has 0 aliphatic heterocycles. The topological polar surface area (TPSA) is 116 Å². The van der Waals surface area contributed by atoms with Crippen LogP contribution in [0.4, 0.5) is 0 Å². The van der Waals surface area contributed by atoms with Gasteiger partial charge in [0.05, 0.1) is 16.8 Å². The van der Waals surface area contributed by atoms with Gasteiger partial charge in [0.15, 0.2) is 16.8 Å². The van der Waals surface area contributed by atoms with Crippen molar-refractivity contribution in [1.82, 2.24) is 29.7 Å². The summed E-state index contributed by atoms with van der Waals surface area (Å²) in [5.41, 5.74) is 2.51. The van der Waals surface area contributed by atoms with Crippen molar-refractivity contribution < 1.29 is 5.11 Å². The number of nitriles is 1. The number of H-pyrrole nitrogens is 1. The van der Waals surface area contributed by atoms with Crippen molar-refractivity contribution in [3.63, 3.8) is 0 Å². The molecule has 30 heavy (non-hydrogen) atoms. The maximum absolute atomic E-state index is 10.6. The zero-order valence-corrected chi connectivity index (χ0v) is 16.7. The molecule has 0 unspecified atom stereocenters. The smallest absolute Gasteiger partial charge is 0.192 e. The Balaban J connectivity index is 1.61. The Labute approximate surface area is 176 Å². The first-order valence-corrected chi connectivity index (χ1v) is 10.0. The first-order valence-electron chi connectivity index (χ1n) is 9.06. The number of aromatic amines is 1. The molecule has 0 radical (unpaired) electrons. The number of rotatable bonds is 7. The molecule has 0 saturated heterocycles. The van der Waals surface area contributed by atoms with E-state index in [9.17, 15) is 10.4 Å². The molecule has 0 fully saturated rings. The Hall–Kier alpha value is -3.90. The Kier molecular flexibility index (Phi) is 5.59. The Bertz CT molecular complexity index is 1230. The quantitative estimate of drug-likeness (QED) is 0.203. The van der Waals surface area contributed by atoms with E-state index in [-0.39, 0.29) is 17.1 Å². The average molecular weight is 415 g/mol. The third-order valence-electron chi connectivity index (χ3n) is 4.33. The molecule has 2 N–H and O–H groups in total. The van der Waals surface area contributed by atoms with E-state index in [2.05, 4.69) is 31.7 Å². The van der Waals surface area contributed by atoms with E-state index in [0.29, 0.717) is 23.4 Å². The minimum atomic E-state index is -0.0832. The second kappa shape index (κ2) is 8.63. The summed E-state index contributed by atoms with van der Waals surface area (Å²) in [5.74, 6) is 1.08. The second-order valence-electron chi connectivity index (χ2n) is 6.27. The van der Waals surface area contributed by atoms with Crippen LogP contribution in [0, 0.1) is 11.3 Å². The fourth-order valence-corrected chi connectivity index (χ4v) is 3.76. The highest BCUT2D eigenvalue weighted by Gasteiger charge is 2.17. The van der Waals surface area contributed by atoms with Crippen LogP contribution in [-0.4, -0.2) is 40.6 Å². The molecule has 1 aromatic carbocycles. The van der Waals surface area contributed by atoms with Crippen molar-refractivity contribution in [2.24, 2.45) is 0 Å². The summed E-state index contributed by atoms with van der Waals surface area (Å²) in [5, 5.41) is 29.3. The number of allylic oxidation sites excluding steroid dienone is 2. The molecule has 0 atom stereocenters. The number of nitrogens with one attached hydrogen (secondary N) is 1. The number of thioether (sulfide) groups is 1. The normalized spacial score (nSPS) is 11.8. The number of hydrogen-bond acceptors (Lipinski definition) is 7. The average Bonchev–Trinajstić information content (AvgIpc) is 3.38. The number of aliphatic hydroxyl groups excluding tert-OH is 1. The summed E-state index contributed by atoms with van der Waals surface area (Å²) in [6, 6.07) is 13.2. The zero-order valence-electron chi connectivity index (χ0n) is 15.9. The van der Waals surface area contributed by atoms with E-state index in [1.54, 1.807) is 18.5 Å². The summed E-state index contributed by atoms with van der Waals surface area (Å²) >= 11 is 1.28. The lowest BCUT2D eigenvalue weighted by atomic mass is 10.2. The molecule has 0 spiro atoms. The van der Waals surface area contributed by atoms with Gasteiger partial charge in [-0.25, -0.2) is 4.98 Å². The van der Waals surface area contributed by atoms with Gasteiger partial charge in [-0.1, -0.05) is 30.0 Å². The third-order valence-corrected chi connectivity index (χ3v) is 5.31. The van der Waals surface area contributed by atoms with Gasteiger partial charge in [-0.05, 0) is 24.3 Å². The molecule has 3 heterocycles. The van der Waals surface area contributed by atoms with Crippen LogP contribution in [0.2, 0.25) is 0 Å². The zero-order chi connectivity index (χ0) is 20.9. The number of benzene rings is 1. The molecule has 0 amide bonds. The van der Waals surface area contributed by atoms with Crippen molar-refractivity contribution in [1.29, 1.82) is 5.26 Å². The van der Waals surface area contributed by atoms with Crippen LogP contribution < -0.4 is 0 Å². The summed E-state index contributed by atoms with van der Waals surface area (Å²) < 4.78 is 1.90. The Morgan fingerprint density at radius 3 is 2.77 bits per heavy atom. The predicted molar refractivity (Wildman–Crippen MR) is 115 cm³/mol. The van der Waals surface area contributed by atoms with Crippen LogP contribution >= 0.6 is 11.8 Å². The molecule has 8 nitrogen and oxygen atoms in total. The highest BCUT2D eigenvalue weighted by atomic mass is 32.2. The molecular formula is C21H17N7OS. The Morgan fingerprint density at radius 1 is 1.23 bits per heavy atom. The maximum atomic E-state index is 10.6. The molecular weight excluding hydrogens is 398 g/mol. The lowest BCUT2D eigenvalue weighted by Crippen LogP contribution is -2.02. The van der Waals surface area contributed by atoms with Gasteiger partial charge in [-0.2, -0.15) is 5.26 Å². The van der Waals surface area contributed by atoms with Crippen molar-refractivity contribution in [2.75, 3.05) is 5.75 Å². The molecule has 0 aliphatic carbocycles. The van der Waals surface area contributed by atoms with Crippen molar-refractivity contribution in [3.8, 4) is 17.5 Å². The van der Waals surface area contributed by atoms with Crippen molar-refractivity contribution in [2.45, 2.75) is 11.7 Å². The van der Waals surface area contributed by atoms with E-state index < -0.39 is 0 Å². The monoisotopic (exact) mass is 415 g/mol. The molecule has 4 rings (SSSR count). The Morgan fingerprint density at radius 2 is 2.03 bits per heavy atom. The van der Waals surface area contributed by atoms with Gasteiger partial charge in [0.1, 0.15) is 17.4 Å². The van der Waals surface area contributed by atoms with Crippen molar-refractivity contribution in [3.05, 3.63) is 73.0 Å². The van der Waals surface area contributed by atoms with Gasteiger partial charge >= 0.3 is 0 Å². The van der Waals surface area contributed by atoms with Crippen LogP contribution in [0.15, 0.2) is 72.4 Å². The van der Waals surface area contributed by atoms with Crippen molar-refractivity contribution >= 4 is 28.4 Å². The van der Waals surface area contributed by atoms with Gasteiger partial charge in [0, 0.05) is 24.5 Å². The van der Waals surface area contributed by atoms with Crippen LogP contribution in [-0.2, 0) is 6.54 Å². The first-order chi connectivity index (χ1) is 14.7. The largest absolute Gasteiger partial charge is 0.510 e. The highest BCUT2D eigenvalue weighted by molar-refractivity contribution is 7.99. The van der Waals surface area contributed by atoms with Gasteiger partial charge in [0.25, 0.3) is 0 Å². The fraction of sp³-hybridized carbons (Fsp3) is 0.0952. The molecule has 0 aliphatic rings. The minimum Gasteiger partial charge on any atom is -0.510 e. The fourth-order valence-electron chi connectivity index (χ4n) is 2.93. The molecule has 148 valence electrons. The standard InChI is InChI=1S/C21H17N7OS/c1-2-11-28-20(14-7-9-23-10-8-14)26-27-21(28)30-13-18(29)15(12-22)19-24-16-5-3-4-6-17(16)25-19/h2-10,29H,1,11,13H2,(H,24,25). The number of aliphatic hydroxyl groups is 1. The summed E-state index contributed by atoms with van der Waals surface area (Å²) in [6.07, 6.45) is 5.13. The molecule has 3 aromatic heterocycles. The van der Waals surface area contributed by atoms with Gasteiger partial charge in [0.2, 0.25) is 0 Å². The lowest BCUT2D eigenvalue weighted by molar-refractivity contribution is 0.420. The summed E-state index contributed by atoms with van der Waals surface area (Å²) in [6.45, 7) is 4.30. The van der Waals surface area contributed by atoms with Crippen LogP contribution in [0.5, 0.6) is 0 Å². The van der Waals surface area contributed by atoms with E-state index >= 15 is 0 Å². The number of aromatic nitrogens is 6. The maximum Gasteiger partial charge on any atom is 0.192 e. The number of fused-ring (bicyclic) bond motifs is 1. The van der Waals surface area contributed by atoms with Crippen LogP contribution in [0.1, 0.15) is 5.82 Å². The van der Waals surface area contributed by atoms with Gasteiger partial charge in [-0.3, -0.25) is 9.55 Å². The summed E-state index contributed by atoms with van der Waals surface area (Å²) in [7, 11) is 0. The van der Waals surface area contributed by atoms with E-state index in [0.717, 1.165) is 16.6 Å². The van der Waals surface area contributed by atoms with Gasteiger partial charge in [-0.15, -0.1) is 16.8 Å². The van der Waals surface area contributed by atoms with Crippen LogP contribution in [0.3, 0.4) is 0 Å². The van der Waals surface area contributed by atoms with E-state index in [1.165, 1.54) is 11.8 Å². The van der Waals surface area contributed by atoms with E-state index in [1.807, 2.05) is 47.0 Å². The van der Waals surface area contributed by atoms with Crippen LogP contribution in [0.25, 0.3) is 28.0 Å². The number of para-hydroxylation sites is 2. The third kappa shape index (κ3) is 3.81. The first kappa shape index (κ1) is 19.4. The van der Waals surface area contributed by atoms with Gasteiger partial charge < -0.3 is 10.1 Å². The van der Waals surface area contributed by atoms with E-state index in [4.69, 9.17) is 0 Å². The second-order valence-corrected chi connectivity index (χ2v) is 7.21. The lowest BCUT2D eigenvalue weighted by Gasteiger charge is -2.08. The number of pyridine rings is 1.